The molecule has 0 amide bonds. The van der Waals surface area contributed by atoms with Gasteiger partial charge in [-0.3, -0.25) is 14.3 Å². The van der Waals surface area contributed by atoms with E-state index in [0.717, 1.165) is 18.3 Å². The van der Waals surface area contributed by atoms with Gasteiger partial charge in [-0.25, -0.2) is 14.3 Å². The van der Waals surface area contributed by atoms with E-state index >= 15 is 0 Å². The van der Waals surface area contributed by atoms with Crippen molar-refractivity contribution in [3.05, 3.63) is 52.4 Å². The minimum Gasteiger partial charge on any atom is -0.479 e. The highest BCUT2D eigenvalue weighted by Crippen LogP contribution is 2.05. The Labute approximate surface area is 144 Å². The van der Waals surface area contributed by atoms with Gasteiger partial charge in [-0.2, -0.15) is 0 Å². The van der Waals surface area contributed by atoms with Crippen molar-refractivity contribution in [2.45, 2.75) is 26.9 Å². The molecule has 134 valence electrons. The van der Waals surface area contributed by atoms with Gasteiger partial charge < -0.3 is 9.84 Å². The van der Waals surface area contributed by atoms with Gasteiger partial charge in [0.05, 0.1) is 5.69 Å². The van der Waals surface area contributed by atoms with E-state index in [1.165, 1.54) is 6.92 Å². The van der Waals surface area contributed by atoms with Crippen LogP contribution in [0, 0.1) is 6.92 Å². The van der Waals surface area contributed by atoms with Crippen LogP contribution in [0.25, 0.3) is 5.69 Å². The lowest BCUT2D eigenvalue weighted by Gasteiger charge is -2.07. The van der Waals surface area contributed by atoms with Crippen LogP contribution in [0.1, 0.15) is 19.5 Å². The van der Waals surface area contributed by atoms with Crippen molar-refractivity contribution in [2.75, 3.05) is 0 Å². The largest absolute Gasteiger partial charge is 0.479 e. The number of aliphatic carboxylic acids is 1. The average molecular weight is 348 g/mol. The van der Waals surface area contributed by atoms with Gasteiger partial charge in [-0.15, -0.1) is 0 Å². The molecule has 0 spiro atoms. The van der Waals surface area contributed by atoms with E-state index in [-0.39, 0.29) is 5.56 Å². The van der Waals surface area contributed by atoms with Crippen molar-refractivity contribution in [2.24, 2.45) is 7.05 Å². The number of esters is 1. The Morgan fingerprint density at radius 1 is 1.16 bits per heavy atom. The molecule has 25 heavy (non-hydrogen) atoms. The van der Waals surface area contributed by atoms with Crippen molar-refractivity contribution in [1.82, 2.24) is 9.36 Å². The summed E-state index contributed by atoms with van der Waals surface area (Å²) in [7, 11) is 1.88. The lowest BCUT2D eigenvalue weighted by molar-refractivity contribution is -0.165. The molecule has 1 atom stereocenters. The summed E-state index contributed by atoms with van der Waals surface area (Å²) in [5.74, 6) is -3.21. The van der Waals surface area contributed by atoms with Gasteiger partial charge in [0.2, 0.25) is 5.78 Å². The van der Waals surface area contributed by atoms with E-state index < -0.39 is 23.8 Å². The van der Waals surface area contributed by atoms with Crippen molar-refractivity contribution in [3.63, 3.8) is 0 Å². The van der Waals surface area contributed by atoms with Crippen LogP contribution in [0.2, 0.25) is 0 Å². The maximum Gasteiger partial charge on any atom is 0.375 e. The predicted molar refractivity (Wildman–Crippen MR) is 89.6 cm³/mol. The fraction of sp³-hybridized carbons (Fsp3) is 0.294. The second-order valence-corrected chi connectivity index (χ2v) is 5.24. The maximum atomic E-state index is 11.6. The standard InChI is InChI=1S/C11H12N2O.C6H8O5/c1-9-8-11(14)13(12(9)2)10-6-4-3-5-7-10;1-3(7)6(10)11-4(2)5(8)9/h3-8H,1-2H3;4H,1-2H3,(H,8,9). The molecule has 1 aromatic heterocycles. The van der Waals surface area contributed by atoms with Crippen LogP contribution in [0.15, 0.2) is 41.2 Å². The van der Waals surface area contributed by atoms with Crippen molar-refractivity contribution in [1.29, 1.82) is 0 Å². The number of hydrogen-bond acceptors (Lipinski definition) is 5. The number of Topliss-reactive ketones (excluding diaryl/α,β-unsaturated/α-hetero) is 1. The highest BCUT2D eigenvalue weighted by atomic mass is 16.6. The number of rotatable bonds is 4. The molecule has 0 aliphatic carbocycles. The molecule has 0 saturated carbocycles. The lowest BCUT2D eigenvalue weighted by Crippen LogP contribution is -2.26. The summed E-state index contributed by atoms with van der Waals surface area (Å²) in [5, 5.41) is 8.22. The molecule has 0 radical (unpaired) electrons. The van der Waals surface area contributed by atoms with E-state index in [9.17, 15) is 19.2 Å². The molecule has 0 aliphatic rings. The summed E-state index contributed by atoms with van der Waals surface area (Å²) in [4.78, 5) is 42.3. The van der Waals surface area contributed by atoms with Gasteiger partial charge in [0.1, 0.15) is 0 Å². The number of benzene rings is 1. The van der Waals surface area contributed by atoms with Gasteiger partial charge in [-0.1, -0.05) is 18.2 Å². The zero-order valence-corrected chi connectivity index (χ0v) is 14.4. The second kappa shape index (κ2) is 8.62. The molecule has 2 aromatic rings. The van der Waals surface area contributed by atoms with Gasteiger partial charge in [0.15, 0.2) is 6.10 Å². The van der Waals surface area contributed by atoms with E-state index in [1.807, 2.05) is 49.0 Å². The first kappa shape index (κ1) is 19.9. The van der Waals surface area contributed by atoms with E-state index in [2.05, 4.69) is 4.74 Å². The zero-order valence-electron chi connectivity index (χ0n) is 14.4. The molecule has 1 aromatic carbocycles. The topological polar surface area (TPSA) is 108 Å². The van der Waals surface area contributed by atoms with E-state index in [4.69, 9.17) is 5.11 Å². The first-order valence-corrected chi connectivity index (χ1v) is 7.40. The minimum absolute atomic E-state index is 0.0104. The lowest BCUT2D eigenvalue weighted by atomic mass is 10.3. The number of nitrogens with zero attached hydrogens (tertiary/aromatic N) is 2. The summed E-state index contributed by atoms with van der Waals surface area (Å²) < 4.78 is 7.68. The number of para-hydroxylation sites is 1. The molecular formula is C17H20N2O6. The fourth-order valence-corrected chi connectivity index (χ4v) is 1.80. The molecule has 0 bridgehead atoms. The van der Waals surface area contributed by atoms with Crippen molar-refractivity contribution in [3.8, 4) is 5.69 Å². The molecule has 0 aliphatic heterocycles. The first-order chi connectivity index (χ1) is 11.6. The molecule has 1 unspecified atom stereocenters. The van der Waals surface area contributed by atoms with Gasteiger partial charge in [0.25, 0.3) is 5.56 Å². The van der Waals surface area contributed by atoms with E-state index in [0.29, 0.717) is 0 Å². The highest BCUT2D eigenvalue weighted by molar-refractivity contribution is 6.32. The van der Waals surface area contributed by atoms with Gasteiger partial charge >= 0.3 is 11.9 Å². The van der Waals surface area contributed by atoms with Crippen LogP contribution in [0.4, 0.5) is 0 Å². The number of carbonyl (C=O) groups is 3. The van der Waals surface area contributed by atoms with E-state index in [1.54, 1.807) is 10.7 Å². The minimum atomic E-state index is -1.28. The zero-order chi connectivity index (χ0) is 19.1. The highest BCUT2D eigenvalue weighted by Gasteiger charge is 2.18. The Morgan fingerprint density at radius 2 is 1.72 bits per heavy atom. The van der Waals surface area contributed by atoms with Crippen LogP contribution in [0.3, 0.4) is 0 Å². The van der Waals surface area contributed by atoms with Crippen LogP contribution in [-0.2, 0) is 26.2 Å². The third-order valence-corrected chi connectivity index (χ3v) is 3.27. The third kappa shape index (κ3) is 5.45. The number of carbonyl (C=O) groups excluding carboxylic acids is 2. The van der Waals surface area contributed by atoms with Crippen molar-refractivity contribution < 1.29 is 24.2 Å². The summed E-state index contributed by atoms with van der Waals surface area (Å²) in [6, 6.07) is 11.2. The normalized spacial score (nSPS) is 11.0. The monoisotopic (exact) mass is 348 g/mol. The Hall–Kier alpha value is -3.16. The number of aryl methyl sites for hydroxylation is 1. The first-order valence-electron chi connectivity index (χ1n) is 7.40. The fourth-order valence-electron chi connectivity index (χ4n) is 1.80. The van der Waals surface area contributed by atoms with Crippen molar-refractivity contribution >= 4 is 17.7 Å². The molecule has 0 fully saturated rings. The Balaban J connectivity index is 0.000000260. The van der Waals surface area contributed by atoms with Crippen LogP contribution < -0.4 is 5.56 Å². The van der Waals surface area contributed by atoms with Crippen LogP contribution in [-0.4, -0.2) is 38.3 Å². The Morgan fingerprint density at radius 3 is 2.12 bits per heavy atom. The smallest absolute Gasteiger partial charge is 0.375 e. The number of hydrogen-bond donors (Lipinski definition) is 1. The number of ketones is 1. The summed E-state index contributed by atoms with van der Waals surface area (Å²) in [6.45, 7) is 4.10. The van der Waals surface area contributed by atoms with Crippen LogP contribution in [0.5, 0.6) is 0 Å². The van der Waals surface area contributed by atoms with Crippen LogP contribution >= 0.6 is 0 Å². The number of aromatic nitrogens is 2. The maximum absolute atomic E-state index is 11.6. The second-order valence-electron chi connectivity index (χ2n) is 5.24. The number of carboxylic acid groups (broad SMARTS) is 1. The van der Waals surface area contributed by atoms with Gasteiger partial charge in [-0.05, 0) is 26.0 Å². The quantitative estimate of drug-likeness (QED) is 0.654. The molecule has 0 saturated heterocycles. The SMILES string of the molecule is CC(=O)C(=O)OC(C)C(=O)O.Cc1cc(=O)n(-c2ccccc2)n1C. The Bertz CT molecular complexity index is 819. The number of ether oxygens (including phenoxy) is 1. The molecule has 1 N–H and O–H groups in total. The molecule has 8 heteroatoms. The number of carboxylic acids is 1. The predicted octanol–water partition coefficient (Wildman–Crippen LogP) is 1.08. The third-order valence-electron chi connectivity index (χ3n) is 3.27. The molecule has 8 nitrogen and oxygen atoms in total. The molecule has 1 heterocycles. The molecule has 2 rings (SSSR count). The summed E-state index contributed by atoms with van der Waals surface area (Å²) >= 11 is 0. The molecular weight excluding hydrogens is 328 g/mol. The average Bonchev–Trinajstić information content (AvgIpc) is 2.81. The van der Waals surface area contributed by atoms with Gasteiger partial charge in [0, 0.05) is 25.7 Å². The summed E-state index contributed by atoms with van der Waals surface area (Å²) in [5.41, 5.74) is 1.86. The Kier molecular flexibility index (Phi) is 6.86. The summed E-state index contributed by atoms with van der Waals surface area (Å²) in [6.07, 6.45) is -1.27.